The molecule has 4 heteroatoms. The van der Waals surface area contributed by atoms with Gasteiger partial charge in [0.15, 0.2) is 11.6 Å². The van der Waals surface area contributed by atoms with Gasteiger partial charge in [-0.1, -0.05) is 0 Å². The minimum absolute atomic E-state index is 0.152. The average molecular weight is 210 g/mol. The van der Waals surface area contributed by atoms with Crippen LogP contribution in [0.3, 0.4) is 0 Å². The summed E-state index contributed by atoms with van der Waals surface area (Å²) in [4.78, 5) is 31.1. The first kappa shape index (κ1) is 8.91. The van der Waals surface area contributed by atoms with E-state index in [1.54, 1.807) is 18.3 Å². The van der Waals surface area contributed by atoms with Crippen molar-refractivity contribution >= 4 is 22.5 Å². The van der Waals surface area contributed by atoms with E-state index < -0.39 is 0 Å². The lowest BCUT2D eigenvalue weighted by Gasteiger charge is -2.09. The van der Waals surface area contributed by atoms with Crippen LogP contribution in [0.15, 0.2) is 36.8 Å². The maximum atomic E-state index is 11.6. The molecule has 0 saturated carbocycles. The minimum atomic E-state index is -0.157. The molecule has 3 rings (SSSR count). The highest BCUT2D eigenvalue weighted by Gasteiger charge is 2.19. The number of fused-ring (bicyclic) bond motifs is 2. The third-order valence-electron chi connectivity index (χ3n) is 2.56. The summed E-state index contributed by atoms with van der Waals surface area (Å²) in [6.45, 7) is 0. The van der Waals surface area contributed by atoms with Gasteiger partial charge >= 0.3 is 0 Å². The number of carbonyl (C=O) groups is 2. The Bertz CT molecular complexity index is 603. The lowest BCUT2D eigenvalue weighted by molar-refractivity contribution is 0.0994. The van der Waals surface area contributed by atoms with Crippen molar-refractivity contribution in [1.82, 2.24) is 9.97 Å². The molecule has 1 aliphatic carbocycles. The van der Waals surface area contributed by atoms with Crippen LogP contribution >= 0.6 is 0 Å². The van der Waals surface area contributed by atoms with Gasteiger partial charge in [-0.05, 0) is 24.3 Å². The standard InChI is InChI=1S/C12H6N2O2/c15-11-1-2-12(16)9-4-10-7(3-8(9)11)5-13-6-14-10/h1-6H. The number of nitrogens with zero attached hydrogens (tertiary/aromatic N) is 2. The summed E-state index contributed by atoms with van der Waals surface area (Å²) in [5.74, 6) is -0.310. The summed E-state index contributed by atoms with van der Waals surface area (Å²) in [6, 6.07) is 3.30. The van der Waals surface area contributed by atoms with E-state index in [0.29, 0.717) is 16.6 Å². The van der Waals surface area contributed by atoms with E-state index in [1.807, 2.05) is 0 Å². The summed E-state index contributed by atoms with van der Waals surface area (Å²) in [7, 11) is 0. The summed E-state index contributed by atoms with van der Waals surface area (Å²) >= 11 is 0. The van der Waals surface area contributed by atoms with Gasteiger partial charge in [0, 0.05) is 22.7 Å². The molecule has 0 spiro atoms. The molecule has 0 bridgehead atoms. The van der Waals surface area contributed by atoms with Gasteiger partial charge in [-0.25, -0.2) is 9.97 Å². The topological polar surface area (TPSA) is 59.9 Å². The first-order valence-electron chi connectivity index (χ1n) is 4.76. The Morgan fingerprint density at radius 2 is 1.62 bits per heavy atom. The zero-order valence-electron chi connectivity index (χ0n) is 8.18. The molecular formula is C12H6N2O2. The predicted octanol–water partition coefficient (Wildman–Crippen LogP) is 1.56. The second-order valence-corrected chi connectivity index (χ2v) is 3.54. The van der Waals surface area contributed by atoms with Crippen molar-refractivity contribution in [3.05, 3.63) is 47.9 Å². The van der Waals surface area contributed by atoms with Gasteiger partial charge in [0.2, 0.25) is 0 Å². The largest absolute Gasteiger partial charge is 0.289 e. The fraction of sp³-hybridized carbons (Fsp3) is 0. The van der Waals surface area contributed by atoms with E-state index >= 15 is 0 Å². The summed E-state index contributed by atoms with van der Waals surface area (Å²) < 4.78 is 0. The summed E-state index contributed by atoms with van der Waals surface area (Å²) in [5.41, 5.74) is 1.51. The van der Waals surface area contributed by atoms with Crippen LogP contribution in [0.25, 0.3) is 10.9 Å². The van der Waals surface area contributed by atoms with Crippen LogP contribution in [-0.2, 0) is 0 Å². The smallest absolute Gasteiger partial charge is 0.186 e. The van der Waals surface area contributed by atoms with Crippen LogP contribution in [0.5, 0.6) is 0 Å². The first-order chi connectivity index (χ1) is 7.75. The second-order valence-electron chi connectivity index (χ2n) is 3.54. The molecule has 0 unspecified atom stereocenters. The van der Waals surface area contributed by atoms with E-state index in [0.717, 1.165) is 5.39 Å². The van der Waals surface area contributed by atoms with Gasteiger partial charge in [-0.15, -0.1) is 0 Å². The van der Waals surface area contributed by atoms with Gasteiger partial charge in [0.25, 0.3) is 0 Å². The Morgan fingerprint density at radius 1 is 0.938 bits per heavy atom. The van der Waals surface area contributed by atoms with Crippen LogP contribution in [0.2, 0.25) is 0 Å². The molecule has 0 aliphatic heterocycles. The lowest BCUT2D eigenvalue weighted by Crippen LogP contribution is -2.11. The van der Waals surface area contributed by atoms with E-state index in [4.69, 9.17) is 0 Å². The summed E-state index contributed by atoms with van der Waals surface area (Å²) in [6.07, 6.45) is 5.62. The SMILES string of the molecule is O=C1C=CC(=O)c2cc3ncncc3cc21. The molecule has 0 radical (unpaired) electrons. The Labute approximate surface area is 90.6 Å². The van der Waals surface area contributed by atoms with Crippen molar-refractivity contribution in [2.75, 3.05) is 0 Å². The monoisotopic (exact) mass is 210 g/mol. The quantitative estimate of drug-likeness (QED) is 0.662. The van der Waals surface area contributed by atoms with Gasteiger partial charge in [-0.3, -0.25) is 9.59 Å². The van der Waals surface area contributed by atoms with Gasteiger partial charge < -0.3 is 0 Å². The lowest BCUT2D eigenvalue weighted by atomic mass is 9.93. The predicted molar refractivity (Wildman–Crippen MR) is 57.3 cm³/mol. The molecule has 0 saturated heterocycles. The van der Waals surface area contributed by atoms with Gasteiger partial charge in [0.1, 0.15) is 6.33 Å². The Morgan fingerprint density at radius 3 is 2.38 bits per heavy atom. The number of rotatable bonds is 0. The number of allylic oxidation sites excluding steroid dienone is 2. The molecule has 1 aliphatic rings. The molecule has 16 heavy (non-hydrogen) atoms. The third kappa shape index (κ3) is 1.16. The summed E-state index contributed by atoms with van der Waals surface area (Å²) in [5, 5.41) is 0.762. The second kappa shape index (κ2) is 3.06. The van der Waals surface area contributed by atoms with Crippen LogP contribution in [0.4, 0.5) is 0 Å². The molecule has 2 aromatic rings. The molecule has 1 aromatic heterocycles. The molecule has 0 N–H and O–H groups in total. The van der Waals surface area contributed by atoms with Crippen molar-refractivity contribution in [3.63, 3.8) is 0 Å². The molecule has 1 aromatic carbocycles. The Balaban J connectivity index is 2.40. The number of hydrogen-bond acceptors (Lipinski definition) is 4. The van der Waals surface area contributed by atoms with E-state index in [9.17, 15) is 9.59 Å². The Kier molecular flexibility index (Phi) is 1.71. The highest BCUT2D eigenvalue weighted by molar-refractivity contribution is 6.23. The van der Waals surface area contributed by atoms with Crippen molar-refractivity contribution in [1.29, 1.82) is 0 Å². The molecule has 4 nitrogen and oxygen atoms in total. The number of hydrogen-bond donors (Lipinski definition) is 0. The maximum absolute atomic E-state index is 11.6. The van der Waals surface area contributed by atoms with Crippen LogP contribution < -0.4 is 0 Å². The third-order valence-corrected chi connectivity index (χ3v) is 2.56. The minimum Gasteiger partial charge on any atom is -0.289 e. The zero-order valence-corrected chi connectivity index (χ0v) is 8.18. The normalized spacial score (nSPS) is 14.2. The molecule has 1 heterocycles. The van der Waals surface area contributed by atoms with Crippen LogP contribution in [-0.4, -0.2) is 21.5 Å². The van der Waals surface area contributed by atoms with Crippen molar-refractivity contribution in [2.45, 2.75) is 0 Å². The van der Waals surface area contributed by atoms with E-state index in [1.165, 1.54) is 18.5 Å². The van der Waals surface area contributed by atoms with Crippen LogP contribution in [0, 0.1) is 0 Å². The highest BCUT2D eigenvalue weighted by atomic mass is 16.1. The fourth-order valence-corrected chi connectivity index (χ4v) is 1.77. The molecule has 0 fully saturated rings. The molecule has 0 atom stereocenters. The maximum Gasteiger partial charge on any atom is 0.186 e. The van der Waals surface area contributed by atoms with Crippen molar-refractivity contribution < 1.29 is 9.59 Å². The van der Waals surface area contributed by atoms with E-state index in [-0.39, 0.29) is 11.6 Å². The van der Waals surface area contributed by atoms with Crippen molar-refractivity contribution in [3.8, 4) is 0 Å². The number of carbonyl (C=O) groups excluding carboxylic acids is 2. The highest BCUT2D eigenvalue weighted by Crippen LogP contribution is 2.22. The zero-order chi connectivity index (χ0) is 11.1. The first-order valence-corrected chi connectivity index (χ1v) is 4.76. The molecular weight excluding hydrogens is 204 g/mol. The van der Waals surface area contributed by atoms with Gasteiger partial charge in [-0.2, -0.15) is 0 Å². The van der Waals surface area contributed by atoms with Crippen LogP contribution in [0.1, 0.15) is 20.7 Å². The average Bonchev–Trinajstić information content (AvgIpc) is 2.32. The molecule has 76 valence electrons. The van der Waals surface area contributed by atoms with E-state index in [2.05, 4.69) is 9.97 Å². The Hall–Kier alpha value is -2.36. The fourth-order valence-electron chi connectivity index (χ4n) is 1.77. The number of benzene rings is 1. The number of ketones is 2. The molecule has 0 amide bonds. The number of aromatic nitrogens is 2. The van der Waals surface area contributed by atoms with Gasteiger partial charge in [0.05, 0.1) is 5.52 Å². The van der Waals surface area contributed by atoms with Crippen molar-refractivity contribution in [2.24, 2.45) is 0 Å².